The minimum atomic E-state index is -1.08. The maximum atomic E-state index is 13.6. The van der Waals surface area contributed by atoms with Crippen molar-refractivity contribution in [2.45, 2.75) is 58.0 Å². The number of methoxy groups -OCH3 is 1. The maximum absolute atomic E-state index is 13.6. The molecule has 2 aromatic rings. The number of carbonyl (C=O) groups is 3. The molecule has 7 nitrogen and oxygen atoms in total. The van der Waals surface area contributed by atoms with Crippen molar-refractivity contribution >= 4 is 17.7 Å². The highest BCUT2D eigenvalue weighted by atomic mass is 16.5. The van der Waals surface area contributed by atoms with E-state index in [-0.39, 0.29) is 24.3 Å². The van der Waals surface area contributed by atoms with Crippen molar-refractivity contribution < 1.29 is 19.1 Å². The standard InChI is InChI=1S/C25H31N3O4/c1-16-13-20(18(3)28(16)17(2)15-32-4)22(29)14-27-23(30)25(26-24(27)31)12-8-7-10-19-9-5-6-11-21(19)25/h5-6,9,11,13,17H,7-8,10,12,14-15H2,1-4H3,(H,26,31)/t17-,25-/m0/s1. The Labute approximate surface area is 188 Å². The number of hydrogen-bond acceptors (Lipinski definition) is 4. The first-order chi connectivity index (χ1) is 15.3. The summed E-state index contributed by atoms with van der Waals surface area (Å²) >= 11 is 0. The van der Waals surface area contributed by atoms with E-state index in [1.54, 1.807) is 7.11 Å². The lowest BCUT2D eigenvalue weighted by Crippen LogP contribution is -2.44. The molecule has 32 heavy (non-hydrogen) atoms. The van der Waals surface area contributed by atoms with E-state index in [4.69, 9.17) is 4.74 Å². The second-order valence-electron chi connectivity index (χ2n) is 8.97. The number of aryl methyl sites for hydroxylation is 2. The molecule has 1 N–H and O–H groups in total. The van der Waals surface area contributed by atoms with E-state index in [1.165, 1.54) is 0 Å². The summed E-state index contributed by atoms with van der Waals surface area (Å²) in [5.74, 6) is -0.566. The summed E-state index contributed by atoms with van der Waals surface area (Å²) in [5.41, 5.74) is 3.17. The maximum Gasteiger partial charge on any atom is 0.325 e. The molecule has 1 fully saturated rings. The van der Waals surface area contributed by atoms with Crippen LogP contribution >= 0.6 is 0 Å². The molecule has 4 rings (SSSR count). The van der Waals surface area contributed by atoms with Crippen LogP contribution in [0, 0.1) is 13.8 Å². The van der Waals surface area contributed by atoms with Gasteiger partial charge < -0.3 is 14.6 Å². The molecule has 0 unspecified atom stereocenters. The first-order valence-corrected chi connectivity index (χ1v) is 11.2. The van der Waals surface area contributed by atoms with E-state index in [0.717, 1.165) is 46.7 Å². The van der Waals surface area contributed by atoms with Gasteiger partial charge in [0.05, 0.1) is 19.2 Å². The highest BCUT2D eigenvalue weighted by Crippen LogP contribution is 2.39. The molecular weight excluding hydrogens is 406 g/mol. The zero-order valence-corrected chi connectivity index (χ0v) is 19.2. The van der Waals surface area contributed by atoms with Gasteiger partial charge in [-0.1, -0.05) is 24.3 Å². The van der Waals surface area contributed by atoms with Gasteiger partial charge in [0, 0.05) is 24.1 Å². The quantitative estimate of drug-likeness (QED) is 0.552. The largest absolute Gasteiger partial charge is 0.383 e. The first kappa shape index (κ1) is 22.3. The van der Waals surface area contributed by atoms with Gasteiger partial charge in [0.2, 0.25) is 0 Å². The molecule has 7 heteroatoms. The summed E-state index contributed by atoms with van der Waals surface area (Å²) in [4.78, 5) is 40.8. The molecule has 2 aliphatic rings. The monoisotopic (exact) mass is 437 g/mol. The zero-order chi connectivity index (χ0) is 23.0. The summed E-state index contributed by atoms with van der Waals surface area (Å²) in [6, 6.07) is 9.21. The highest BCUT2D eigenvalue weighted by molar-refractivity contribution is 6.11. The third-order valence-electron chi connectivity index (χ3n) is 6.84. The van der Waals surface area contributed by atoms with E-state index >= 15 is 0 Å². The van der Waals surface area contributed by atoms with Crippen LogP contribution in [0.1, 0.15) is 65.1 Å². The summed E-state index contributed by atoms with van der Waals surface area (Å²) in [5, 5.41) is 2.95. The van der Waals surface area contributed by atoms with Crippen molar-refractivity contribution in [2.24, 2.45) is 0 Å². The Morgan fingerprint density at radius 3 is 2.72 bits per heavy atom. The number of ketones is 1. The molecule has 2 heterocycles. The van der Waals surface area contributed by atoms with Crippen LogP contribution in [-0.2, 0) is 21.5 Å². The lowest BCUT2D eigenvalue weighted by molar-refractivity contribution is -0.131. The molecule has 1 aliphatic heterocycles. The Morgan fingerprint density at radius 2 is 1.97 bits per heavy atom. The van der Waals surface area contributed by atoms with Crippen LogP contribution in [0.25, 0.3) is 0 Å². The Bertz CT molecular complexity index is 1070. The normalized spacial score (nSPS) is 21.4. The van der Waals surface area contributed by atoms with E-state index in [0.29, 0.717) is 18.6 Å². The zero-order valence-electron chi connectivity index (χ0n) is 19.2. The molecule has 0 radical (unpaired) electrons. The molecule has 0 bridgehead atoms. The Hall–Kier alpha value is -2.93. The highest BCUT2D eigenvalue weighted by Gasteiger charge is 2.53. The number of nitrogens with zero attached hydrogens (tertiary/aromatic N) is 2. The molecule has 1 saturated heterocycles. The molecule has 0 saturated carbocycles. The van der Waals surface area contributed by atoms with Gasteiger partial charge in [-0.3, -0.25) is 14.5 Å². The van der Waals surface area contributed by atoms with Gasteiger partial charge in [-0.25, -0.2) is 4.79 Å². The molecule has 3 amide bonds. The lowest BCUT2D eigenvalue weighted by atomic mass is 9.84. The van der Waals surface area contributed by atoms with Gasteiger partial charge in [0.1, 0.15) is 5.54 Å². The van der Waals surface area contributed by atoms with Crippen molar-refractivity contribution in [3.63, 3.8) is 0 Å². The van der Waals surface area contributed by atoms with Gasteiger partial charge in [-0.2, -0.15) is 0 Å². The minimum absolute atomic E-state index is 0.0732. The van der Waals surface area contributed by atoms with Gasteiger partial charge in [0.25, 0.3) is 5.91 Å². The van der Waals surface area contributed by atoms with Gasteiger partial charge in [-0.05, 0) is 63.6 Å². The lowest BCUT2D eigenvalue weighted by Gasteiger charge is -2.27. The van der Waals surface area contributed by atoms with Crippen LogP contribution in [0.2, 0.25) is 0 Å². The molecule has 170 valence electrons. The van der Waals surface area contributed by atoms with Crippen LogP contribution < -0.4 is 5.32 Å². The van der Waals surface area contributed by atoms with Crippen molar-refractivity contribution in [3.8, 4) is 0 Å². The second-order valence-corrected chi connectivity index (χ2v) is 8.97. The average molecular weight is 438 g/mol. The summed E-state index contributed by atoms with van der Waals surface area (Å²) in [6.45, 7) is 6.13. The second kappa shape index (κ2) is 8.54. The number of aromatic nitrogens is 1. The third kappa shape index (κ3) is 3.54. The first-order valence-electron chi connectivity index (χ1n) is 11.2. The van der Waals surface area contributed by atoms with Crippen molar-refractivity contribution in [1.82, 2.24) is 14.8 Å². The van der Waals surface area contributed by atoms with E-state index in [1.807, 2.05) is 51.1 Å². The molecule has 1 aliphatic carbocycles. The molecule has 1 aromatic heterocycles. The summed E-state index contributed by atoms with van der Waals surface area (Å²) in [6.07, 6.45) is 3.22. The fraction of sp³-hybridized carbons (Fsp3) is 0.480. The molecule has 1 spiro atoms. The topological polar surface area (TPSA) is 80.6 Å². The molecular formula is C25H31N3O4. The van der Waals surface area contributed by atoms with Crippen molar-refractivity contribution in [3.05, 3.63) is 58.4 Å². The Kier molecular flexibility index (Phi) is 5.95. The van der Waals surface area contributed by atoms with E-state index in [2.05, 4.69) is 9.88 Å². The van der Waals surface area contributed by atoms with Crippen LogP contribution in [0.4, 0.5) is 4.79 Å². The number of amides is 3. The van der Waals surface area contributed by atoms with E-state index in [9.17, 15) is 14.4 Å². The number of imide groups is 1. The molecule has 2 atom stereocenters. The smallest absolute Gasteiger partial charge is 0.325 e. The number of Topliss-reactive ketones (excluding diaryl/α,β-unsaturated/α-hetero) is 1. The average Bonchev–Trinajstić information content (AvgIpc) is 3.10. The van der Waals surface area contributed by atoms with Crippen LogP contribution in [-0.4, -0.2) is 47.4 Å². The molecule has 1 aromatic carbocycles. The SMILES string of the molecule is COC[C@H](C)n1c(C)cc(C(=O)CN2C(=O)N[C@]3(CCCCc4ccccc43)C2=O)c1C. The number of carbonyl (C=O) groups excluding carboxylic acids is 3. The predicted octanol–water partition coefficient (Wildman–Crippen LogP) is 3.67. The van der Waals surface area contributed by atoms with Gasteiger partial charge in [-0.15, -0.1) is 0 Å². The van der Waals surface area contributed by atoms with Crippen LogP contribution in [0.5, 0.6) is 0 Å². The number of benzene rings is 1. The number of rotatable bonds is 6. The van der Waals surface area contributed by atoms with Gasteiger partial charge >= 0.3 is 6.03 Å². The summed E-state index contributed by atoms with van der Waals surface area (Å²) in [7, 11) is 1.65. The summed E-state index contributed by atoms with van der Waals surface area (Å²) < 4.78 is 7.33. The predicted molar refractivity (Wildman–Crippen MR) is 121 cm³/mol. The van der Waals surface area contributed by atoms with Crippen LogP contribution in [0.3, 0.4) is 0 Å². The fourth-order valence-electron chi connectivity index (χ4n) is 5.40. The minimum Gasteiger partial charge on any atom is -0.383 e. The third-order valence-corrected chi connectivity index (χ3v) is 6.84. The Balaban J connectivity index is 1.62. The fourth-order valence-corrected chi connectivity index (χ4v) is 5.40. The number of urea groups is 1. The van der Waals surface area contributed by atoms with Crippen molar-refractivity contribution in [1.29, 1.82) is 0 Å². The van der Waals surface area contributed by atoms with Crippen molar-refractivity contribution in [2.75, 3.05) is 20.3 Å². The number of hydrogen-bond donors (Lipinski definition) is 1. The van der Waals surface area contributed by atoms with Gasteiger partial charge in [0.15, 0.2) is 5.78 Å². The number of nitrogens with one attached hydrogen (secondary N) is 1. The number of ether oxygens (including phenoxy) is 1. The van der Waals surface area contributed by atoms with E-state index < -0.39 is 11.6 Å². The Morgan fingerprint density at radius 1 is 1.22 bits per heavy atom. The number of fused-ring (bicyclic) bond motifs is 2. The van der Waals surface area contributed by atoms with Crippen LogP contribution in [0.15, 0.2) is 30.3 Å².